The van der Waals surface area contributed by atoms with Gasteiger partial charge in [-0.2, -0.15) is 0 Å². The van der Waals surface area contributed by atoms with Crippen LogP contribution in [0.1, 0.15) is 107 Å². The van der Waals surface area contributed by atoms with Crippen molar-refractivity contribution in [1.82, 2.24) is 0 Å². The van der Waals surface area contributed by atoms with Gasteiger partial charge in [-0.05, 0) is 99.7 Å². The van der Waals surface area contributed by atoms with Crippen LogP contribution in [0.4, 0.5) is 0 Å². The highest BCUT2D eigenvalue weighted by Crippen LogP contribution is 2.75. The molecule has 5 fully saturated rings. The van der Waals surface area contributed by atoms with Crippen LogP contribution in [0.25, 0.3) is 0 Å². The molecule has 3 saturated carbocycles. The fraction of sp³-hybridized carbons (Fsp3) is 0.952. The number of aliphatic hydroxyl groups is 8. The molecule has 2 aliphatic heterocycles. The van der Waals surface area contributed by atoms with E-state index in [-0.39, 0.29) is 28.6 Å². The molecule has 4 aliphatic carbocycles. The van der Waals surface area contributed by atoms with Gasteiger partial charge in [0.2, 0.25) is 6.54 Å². The minimum atomic E-state index is -1.96. The Balaban J connectivity index is 1.18. The van der Waals surface area contributed by atoms with Crippen molar-refractivity contribution in [3.63, 3.8) is 0 Å². The molecule has 20 atom stereocenters. The summed E-state index contributed by atoms with van der Waals surface area (Å²) in [5.41, 5.74) is -1.43. The Morgan fingerprint density at radius 3 is 2.13 bits per heavy atom. The largest absolute Gasteiger partial charge is 0.393 e. The third kappa shape index (κ3) is 7.97. The number of nitrogens with zero attached hydrogens (tertiary/aromatic N) is 2. The molecule has 8 N–H and O–H groups in total. The highest BCUT2D eigenvalue weighted by molar-refractivity contribution is 5.32. The van der Waals surface area contributed by atoms with Gasteiger partial charge in [0.1, 0.15) is 24.4 Å². The lowest BCUT2D eigenvalue weighted by atomic mass is 9.38. The van der Waals surface area contributed by atoms with Gasteiger partial charge in [-0.15, -0.1) is 0 Å². The first kappa shape index (κ1) is 47.5. The molecular formula is C42H70N2O16. The van der Waals surface area contributed by atoms with E-state index in [0.717, 1.165) is 31.3 Å². The average Bonchev–Trinajstić information content (AvgIpc) is 3.42. The van der Waals surface area contributed by atoms with Gasteiger partial charge in [0.25, 0.3) is 6.04 Å². The zero-order valence-electron chi connectivity index (χ0n) is 36.2. The molecule has 0 radical (unpaired) electrons. The number of rotatable bonds is 13. The van der Waals surface area contributed by atoms with Crippen LogP contribution in [-0.4, -0.2) is 149 Å². The van der Waals surface area contributed by atoms with Gasteiger partial charge in [-0.1, -0.05) is 53.2 Å². The molecule has 2 saturated heterocycles. The molecule has 0 spiro atoms. The highest BCUT2D eigenvalue weighted by Gasteiger charge is 2.70. The van der Waals surface area contributed by atoms with Crippen LogP contribution < -0.4 is 0 Å². The number of aliphatic hydroxyl groups excluding tert-OH is 7. The summed E-state index contributed by atoms with van der Waals surface area (Å²) in [6, 6.07) is -1.96. The van der Waals surface area contributed by atoms with Crippen molar-refractivity contribution in [3.8, 4) is 0 Å². The van der Waals surface area contributed by atoms with Crippen molar-refractivity contribution >= 4 is 0 Å². The number of hydrogen-bond donors (Lipinski definition) is 8. The molecule has 0 amide bonds. The Morgan fingerprint density at radius 1 is 0.867 bits per heavy atom. The average molecular weight is 859 g/mol. The number of nitro groups is 2. The normalized spacial score (nSPS) is 47.6. The summed E-state index contributed by atoms with van der Waals surface area (Å²) in [5, 5.41) is 110. The van der Waals surface area contributed by atoms with Crippen LogP contribution in [-0.2, 0) is 18.9 Å². The quantitative estimate of drug-likeness (QED) is 0.0743. The van der Waals surface area contributed by atoms with Crippen LogP contribution in [0, 0.1) is 65.6 Å². The molecule has 0 aromatic heterocycles. The van der Waals surface area contributed by atoms with E-state index in [1.165, 1.54) is 0 Å². The number of allylic oxidation sites excluding steroid dienone is 1. The van der Waals surface area contributed by atoms with E-state index in [1.54, 1.807) is 13.8 Å². The lowest BCUT2D eigenvalue weighted by Crippen LogP contribution is -2.65. The number of fused-ring (bicyclic) bond motifs is 5. The first-order valence-corrected chi connectivity index (χ1v) is 21.7. The van der Waals surface area contributed by atoms with Crippen LogP contribution >= 0.6 is 0 Å². The molecule has 4 unspecified atom stereocenters. The first-order valence-electron chi connectivity index (χ1n) is 21.7. The lowest BCUT2D eigenvalue weighted by Gasteiger charge is -2.67. The third-order valence-corrected chi connectivity index (χ3v) is 16.9. The Bertz CT molecular complexity index is 1610. The predicted molar refractivity (Wildman–Crippen MR) is 212 cm³/mol. The van der Waals surface area contributed by atoms with E-state index in [1.807, 2.05) is 13.8 Å². The second-order valence-corrected chi connectivity index (χ2v) is 20.9. The molecule has 6 aliphatic rings. The molecule has 18 nitrogen and oxygen atoms in total. The predicted octanol–water partition coefficient (Wildman–Crippen LogP) is 1.69. The van der Waals surface area contributed by atoms with E-state index in [4.69, 9.17) is 18.9 Å². The molecule has 344 valence electrons. The molecule has 18 heteroatoms. The van der Waals surface area contributed by atoms with Crippen molar-refractivity contribution < 1.29 is 69.6 Å². The maximum Gasteiger partial charge on any atom is 0.271 e. The Kier molecular flexibility index (Phi) is 13.4. The van der Waals surface area contributed by atoms with E-state index >= 15 is 0 Å². The SMILES string of the molecule is C[C@H](CC[C@@H](O)C(C)(C)O)C1CC[C@@]2(C)C3CC=C4C(CC[C@H](O[C@@H]5O[C@H](CO[C@@H]6OC(C[N+](=O)[O-])[C@@H](O)[C@H](O)[C@H]6O)[C@@H](O)[C@H]([N+](=O)[O-])[C@H]5O)C4(C)C)[C@]3(C)[C@H](O)C[C@]12C. The Morgan fingerprint density at radius 2 is 1.52 bits per heavy atom. The molecule has 2 heterocycles. The second-order valence-electron chi connectivity index (χ2n) is 20.9. The van der Waals surface area contributed by atoms with Crippen molar-refractivity contribution in [1.29, 1.82) is 0 Å². The summed E-state index contributed by atoms with van der Waals surface area (Å²) in [5.74, 6) is 0.804. The monoisotopic (exact) mass is 858 g/mol. The minimum Gasteiger partial charge on any atom is -0.393 e. The number of hydrogen-bond acceptors (Lipinski definition) is 16. The summed E-state index contributed by atoms with van der Waals surface area (Å²) in [6.07, 6.45) is -9.68. The minimum absolute atomic E-state index is 0.00231. The van der Waals surface area contributed by atoms with Gasteiger partial charge < -0.3 is 59.8 Å². The highest BCUT2D eigenvalue weighted by atomic mass is 16.7. The van der Waals surface area contributed by atoms with Gasteiger partial charge in [0.05, 0.1) is 30.5 Å². The van der Waals surface area contributed by atoms with Crippen LogP contribution in [0.5, 0.6) is 0 Å². The van der Waals surface area contributed by atoms with Gasteiger partial charge in [-0.3, -0.25) is 20.2 Å². The van der Waals surface area contributed by atoms with Crippen molar-refractivity contribution in [2.75, 3.05) is 13.2 Å². The van der Waals surface area contributed by atoms with Gasteiger partial charge >= 0.3 is 0 Å². The summed E-state index contributed by atoms with van der Waals surface area (Å²) in [4.78, 5) is 21.7. The van der Waals surface area contributed by atoms with E-state index in [0.29, 0.717) is 31.6 Å². The van der Waals surface area contributed by atoms with Crippen LogP contribution in [0.15, 0.2) is 11.6 Å². The van der Waals surface area contributed by atoms with E-state index in [2.05, 4.69) is 33.8 Å². The molecule has 0 bridgehead atoms. The second kappa shape index (κ2) is 16.9. The number of ether oxygens (including phenoxy) is 4. The van der Waals surface area contributed by atoms with Crippen molar-refractivity contribution in [2.45, 2.75) is 192 Å². The standard InChI is InChI=1S/C42H70N2O16/c1-20(9-13-27(45)39(4,5)52)21-15-16-40(6)26-12-10-22-23(42(26,8)28(46)17-41(21,40)7)11-14-29(38(22,2)3)60-37-33(49)30(44(55)56)31(47)25(59-37)19-57-36-35(51)34(50)32(48)24(58-36)18-43(53)54/h10,20-21,23-37,45-52H,9,11-19H2,1-8H3/t20-,21?,23?,24?,25-,26?,27-,28-,29+,30+,31-,32-,33-,34+,35-,36-,37+,40+,41-,42+/m1/s1. The zero-order valence-corrected chi connectivity index (χ0v) is 36.2. The summed E-state index contributed by atoms with van der Waals surface area (Å²) in [6.45, 7) is 14.9. The van der Waals surface area contributed by atoms with E-state index in [9.17, 15) is 61.1 Å². The Labute approximate surface area is 351 Å². The molecule has 6 rings (SSSR count). The maximum absolute atomic E-state index is 12.4. The fourth-order valence-corrected chi connectivity index (χ4v) is 13.0. The molecule has 60 heavy (non-hydrogen) atoms. The van der Waals surface area contributed by atoms with Crippen molar-refractivity contribution in [2.24, 2.45) is 45.3 Å². The first-order chi connectivity index (χ1) is 27.7. The van der Waals surface area contributed by atoms with E-state index < -0.39 is 119 Å². The van der Waals surface area contributed by atoms with Crippen LogP contribution in [0.2, 0.25) is 0 Å². The topological polar surface area (TPSA) is 285 Å². The summed E-state index contributed by atoms with van der Waals surface area (Å²) < 4.78 is 23.3. The van der Waals surface area contributed by atoms with Gasteiger partial charge in [0.15, 0.2) is 30.9 Å². The molecule has 0 aromatic carbocycles. The molecule has 0 aromatic rings. The van der Waals surface area contributed by atoms with Gasteiger partial charge in [0, 0.05) is 20.7 Å². The summed E-state index contributed by atoms with van der Waals surface area (Å²) >= 11 is 0. The maximum atomic E-state index is 12.4. The smallest absolute Gasteiger partial charge is 0.271 e. The van der Waals surface area contributed by atoms with Gasteiger partial charge in [-0.25, -0.2) is 0 Å². The summed E-state index contributed by atoms with van der Waals surface area (Å²) in [7, 11) is 0. The van der Waals surface area contributed by atoms with Crippen molar-refractivity contribution in [3.05, 3.63) is 31.9 Å². The van der Waals surface area contributed by atoms with Crippen LogP contribution in [0.3, 0.4) is 0 Å². The lowest BCUT2D eigenvalue weighted by molar-refractivity contribution is -0.566. The fourth-order valence-electron chi connectivity index (χ4n) is 13.0. The third-order valence-electron chi connectivity index (χ3n) is 16.9. The molecular weight excluding hydrogens is 788 g/mol. The Hall–Kier alpha value is -1.94. The zero-order chi connectivity index (χ0) is 44.7.